The Bertz CT molecular complexity index is 453. The van der Waals surface area contributed by atoms with E-state index in [1.54, 1.807) is 0 Å². The lowest BCUT2D eigenvalue weighted by molar-refractivity contribution is 0.0821. The molecule has 1 aliphatic heterocycles. The summed E-state index contributed by atoms with van der Waals surface area (Å²) in [7, 11) is 0. The van der Waals surface area contributed by atoms with Crippen LogP contribution >= 0.6 is 23.8 Å². The lowest BCUT2D eigenvalue weighted by atomic mass is 10.1. The van der Waals surface area contributed by atoms with Crippen molar-refractivity contribution in [3.05, 3.63) is 28.8 Å². The number of hydrogen-bond acceptors (Lipinski definition) is 3. The van der Waals surface area contributed by atoms with Gasteiger partial charge in [-0.15, -0.1) is 0 Å². The zero-order chi connectivity index (χ0) is 13.1. The minimum atomic E-state index is 0.200. The van der Waals surface area contributed by atoms with Gasteiger partial charge in [0.1, 0.15) is 4.99 Å². The Morgan fingerprint density at radius 3 is 3.06 bits per heavy atom. The molecular formula is C13H17ClN2OS. The van der Waals surface area contributed by atoms with Crippen LogP contribution in [0.15, 0.2) is 18.2 Å². The maximum Gasteiger partial charge on any atom is 0.107 e. The quantitative estimate of drug-likeness (QED) is 0.847. The van der Waals surface area contributed by atoms with Crippen LogP contribution in [0.3, 0.4) is 0 Å². The van der Waals surface area contributed by atoms with E-state index in [-0.39, 0.29) is 6.10 Å². The lowest BCUT2D eigenvalue weighted by Crippen LogP contribution is -2.32. The molecule has 5 heteroatoms. The van der Waals surface area contributed by atoms with Crippen LogP contribution in [0.25, 0.3) is 0 Å². The molecule has 1 unspecified atom stereocenters. The predicted octanol–water partition coefficient (Wildman–Crippen LogP) is 2.59. The van der Waals surface area contributed by atoms with E-state index in [9.17, 15) is 0 Å². The van der Waals surface area contributed by atoms with Crippen LogP contribution in [0.2, 0.25) is 5.02 Å². The van der Waals surface area contributed by atoms with Gasteiger partial charge in [0.15, 0.2) is 0 Å². The Morgan fingerprint density at radius 2 is 2.33 bits per heavy atom. The zero-order valence-corrected chi connectivity index (χ0v) is 11.9. The summed E-state index contributed by atoms with van der Waals surface area (Å²) in [6.07, 6.45) is 1.19. The van der Waals surface area contributed by atoms with E-state index < -0.39 is 0 Å². The molecule has 1 atom stereocenters. The first kappa shape index (κ1) is 13.6. The maximum atomic E-state index is 6.20. The number of benzene rings is 1. The van der Waals surface area contributed by atoms with Gasteiger partial charge in [-0.3, -0.25) is 0 Å². The highest BCUT2D eigenvalue weighted by atomic mass is 35.5. The molecular weight excluding hydrogens is 268 g/mol. The minimum absolute atomic E-state index is 0.200. The van der Waals surface area contributed by atoms with Crippen LogP contribution < -0.4 is 10.6 Å². The van der Waals surface area contributed by atoms with Crippen molar-refractivity contribution in [2.24, 2.45) is 5.73 Å². The molecule has 18 heavy (non-hydrogen) atoms. The predicted molar refractivity (Wildman–Crippen MR) is 79.6 cm³/mol. The standard InChI is InChI=1S/C13H17ClN2OS/c1-9-8-16(6-3-7-17-9)11-5-2-4-10(14)12(11)13(15)18/h2,4-5,9H,3,6-8H2,1H3,(H2,15,18). The summed E-state index contributed by atoms with van der Waals surface area (Å²) >= 11 is 11.3. The normalized spacial score (nSPS) is 20.6. The van der Waals surface area contributed by atoms with Crippen LogP contribution in [0.4, 0.5) is 5.69 Å². The van der Waals surface area contributed by atoms with Crippen LogP contribution in [0.5, 0.6) is 0 Å². The summed E-state index contributed by atoms with van der Waals surface area (Å²) in [5, 5.41) is 0.609. The van der Waals surface area contributed by atoms with Gasteiger partial charge in [0, 0.05) is 25.4 Å². The fourth-order valence-corrected chi connectivity index (χ4v) is 2.78. The highest BCUT2D eigenvalue weighted by Crippen LogP contribution is 2.28. The number of nitrogens with zero attached hydrogens (tertiary/aromatic N) is 1. The molecule has 2 rings (SSSR count). The van der Waals surface area contributed by atoms with Crippen LogP contribution in [0, 0.1) is 0 Å². The number of rotatable bonds is 2. The number of nitrogens with two attached hydrogens (primary N) is 1. The average Bonchev–Trinajstić information content (AvgIpc) is 2.53. The third-order valence-electron chi connectivity index (χ3n) is 3.03. The van der Waals surface area contributed by atoms with Crippen molar-refractivity contribution in [1.29, 1.82) is 0 Å². The molecule has 0 bridgehead atoms. The molecule has 0 amide bonds. The van der Waals surface area contributed by atoms with E-state index in [2.05, 4.69) is 11.8 Å². The summed E-state index contributed by atoms with van der Waals surface area (Å²) in [6, 6.07) is 5.76. The van der Waals surface area contributed by atoms with Gasteiger partial charge in [-0.05, 0) is 25.5 Å². The Labute approximate surface area is 118 Å². The molecule has 1 aromatic rings. The van der Waals surface area contributed by atoms with Gasteiger partial charge in [-0.2, -0.15) is 0 Å². The SMILES string of the molecule is CC1CN(c2cccc(Cl)c2C(N)=S)CCCO1. The number of ether oxygens (including phenoxy) is 1. The molecule has 0 saturated carbocycles. The second-order valence-electron chi connectivity index (χ2n) is 4.48. The Balaban J connectivity index is 2.37. The average molecular weight is 285 g/mol. The topological polar surface area (TPSA) is 38.5 Å². The van der Waals surface area contributed by atoms with Gasteiger partial charge in [0.05, 0.1) is 16.7 Å². The molecule has 1 aromatic carbocycles. The first-order valence-electron chi connectivity index (χ1n) is 6.04. The van der Waals surface area contributed by atoms with Crippen molar-refractivity contribution in [2.45, 2.75) is 19.4 Å². The number of hydrogen-bond donors (Lipinski definition) is 1. The van der Waals surface area contributed by atoms with E-state index in [4.69, 9.17) is 34.3 Å². The van der Waals surface area contributed by atoms with E-state index in [1.807, 2.05) is 18.2 Å². The number of halogens is 1. The fraction of sp³-hybridized carbons (Fsp3) is 0.462. The Hall–Kier alpha value is -0.840. The van der Waals surface area contributed by atoms with Gasteiger partial charge in [-0.25, -0.2) is 0 Å². The molecule has 1 aliphatic rings. The zero-order valence-electron chi connectivity index (χ0n) is 10.4. The summed E-state index contributed by atoms with van der Waals surface area (Å²) < 4.78 is 5.65. The second-order valence-corrected chi connectivity index (χ2v) is 5.33. The van der Waals surface area contributed by atoms with E-state index in [1.165, 1.54) is 0 Å². The summed E-state index contributed by atoms with van der Waals surface area (Å²) in [6.45, 7) is 4.63. The van der Waals surface area contributed by atoms with Crippen molar-refractivity contribution in [2.75, 3.05) is 24.6 Å². The molecule has 0 aromatic heterocycles. The first-order chi connectivity index (χ1) is 8.59. The smallest absolute Gasteiger partial charge is 0.107 e. The Morgan fingerprint density at radius 1 is 1.56 bits per heavy atom. The molecule has 1 saturated heterocycles. The summed E-state index contributed by atoms with van der Waals surface area (Å²) in [5.74, 6) is 0. The highest BCUT2D eigenvalue weighted by Gasteiger charge is 2.20. The van der Waals surface area contributed by atoms with Gasteiger partial charge in [0.25, 0.3) is 0 Å². The van der Waals surface area contributed by atoms with Crippen LogP contribution in [0.1, 0.15) is 18.9 Å². The minimum Gasteiger partial charge on any atom is -0.389 e. The molecule has 0 aliphatic carbocycles. The Kier molecular flexibility index (Phi) is 4.43. The third-order valence-corrected chi connectivity index (χ3v) is 3.55. The van der Waals surface area contributed by atoms with Crippen molar-refractivity contribution < 1.29 is 4.74 Å². The van der Waals surface area contributed by atoms with Crippen molar-refractivity contribution in [3.63, 3.8) is 0 Å². The van der Waals surface area contributed by atoms with E-state index in [0.717, 1.165) is 37.4 Å². The maximum absolute atomic E-state index is 6.20. The molecule has 1 heterocycles. The molecule has 3 nitrogen and oxygen atoms in total. The highest BCUT2D eigenvalue weighted by molar-refractivity contribution is 7.80. The van der Waals surface area contributed by atoms with Crippen molar-refractivity contribution in [3.8, 4) is 0 Å². The van der Waals surface area contributed by atoms with Gasteiger partial charge in [0.2, 0.25) is 0 Å². The molecule has 0 spiro atoms. The monoisotopic (exact) mass is 284 g/mol. The summed E-state index contributed by atoms with van der Waals surface area (Å²) in [4.78, 5) is 2.59. The van der Waals surface area contributed by atoms with Crippen molar-refractivity contribution in [1.82, 2.24) is 0 Å². The summed E-state index contributed by atoms with van der Waals surface area (Å²) in [5.41, 5.74) is 7.56. The molecule has 1 fully saturated rings. The van der Waals surface area contributed by atoms with Crippen molar-refractivity contribution >= 4 is 34.5 Å². The van der Waals surface area contributed by atoms with Gasteiger partial charge < -0.3 is 15.4 Å². The van der Waals surface area contributed by atoms with Gasteiger partial charge in [-0.1, -0.05) is 29.9 Å². The molecule has 0 radical (unpaired) electrons. The first-order valence-corrected chi connectivity index (χ1v) is 6.83. The molecule has 98 valence electrons. The number of thiocarbonyl (C=S) groups is 1. The third kappa shape index (κ3) is 2.94. The van der Waals surface area contributed by atoms with E-state index >= 15 is 0 Å². The lowest BCUT2D eigenvalue weighted by Gasteiger charge is -2.27. The second kappa shape index (κ2) is 5.87. The van der Waals surface area contributed by atoms with Gasteiger partial charge >= 0.3 is 0 Å². The fourth-order valence-electron chi connectivity index (χ4n) is 2.23. The molecule has 2 N–H and O–H groups in total. The van der Waals surface area contributed by atoms with E-state index in [0.29, 0.717) is 10.0 Å². The van der Waals surface area contributed by atoms with Crippen LogP contribution in [-0.2, 0) is 4.74 Å². The number of anilines is 1. The van der Waals surface area contributed by atoms with Crippen LogP contribution in [-0.4, -0.2) is 30.8 Å². The largest absolute Gasteiger partial charge is 0.389 e.